The molecule has 1 saturated carbocycles. The predicted molar refractivity (Wildman–Crippen MR) is 80.6 cm³/mol. The van der Waals surface area contributed by atoms with Gasteiger partial charge in [-0.2, -0.15) is 0 Å². The average molecular weight is 318 g/mol. The highest BCUT2D eigenvalue weighted by atomic mass is 32.2. The molecule has 5 nitrogen and oxygen atoms in total. The third-order valence-corrected chi connectivity index (χ3v) is 6.40. The predicted octanol–water partition coefficient (Wildman–Crippen LogP) is 1.62. The summed E-state index contributed by atoms with van der Waals surface area (Å²) in [5.74, 6) is 0. The van der Waals surface area contributed by atoms with Crippen LogP contribution in [0.2, 0.25) is 0 Å². The zero-order chi connectivity index (χ0) is 14.8. The minimum Gasteiger partial charge on any atom is -0.378 e. The second kappa shape index (κ2) is 6.53. The molecule has 0 aromatic carbocycles. The van der Waals surface area contributed by atoms with E-state index in [1.807, 2.05) is 26.3 Å². The smallest absolute Gasteiger partial charge is 0.242 e. The molecule has 1 fully saturated rings. The van der Waals surface area contributed by atoms with Gasteiger partial charge in [0.15, 0.2) is 0 Å². The summed E-state index contributed by atoms with van der Waals surface area (Å²) in [7, 11) is -1.62. The Morgan fingerprint density at radius 2 is 2.15 bits per heavy atom. The van der Waals surface area contributed by atoms with Gasteiger partial charge in [-0.05, 0) is 44.7 Å². The van der Waals surface area contributed by atoms with E-state index < -0.39 is 10.0 Å². The van der Waals surface area contributed by atoms with Crippen molar-refractivity contribution in [1.29, 1.82) is 0 Å². The summed E-state index contributed by atoms with van der Waals surface area (Å²) in [6, 6.07) is -0.00159. The third-order valence-electron chi connectivity index (χ3n) is 3.41. The van der Waals surface area contributed by atoms with Crippen LogP contribution >= 0.6 is 11.3 Å². The van der Waals surface area contributed by atoms with Gasteiger partial charge in [-0.3, -0.25) is 0 Å². The van der Waals surface area contributed by atoms with Gasteiger partial charge in [0.05, 0.1) is 6.10 Å². The summed E-state index contributed by atoms with van der Waals surface area (Å²) in [6.07, 6.45) is 1.72. The summed E-state index contributed by atoms with van der Waals surface area (Å²) in [5.41, 5.74) is 0.813. The number of ether oxygens (including phenoxy) is 1. The number of nitrogens with one attached hydrogen (secondary N) is 2. The molecular formula is C13H22N2O3S2. The molecule has 7 heteroatoms. The number of thiophene rings is 1. The summed E-state index contributed by atoms with van der Waals surface area (Å²) in [6.45, 7) is 5.05. The summed E-state index contributed by atoms with van der Waals surface area (Å²) >= 11 is 1.48. The Morgan fingerprint density at radius 1 is 1.45 bits per heavy atom. The van der Waals surface area contributed by atoms with Crippen LogP contribution in [0.3, 0.4) is 0 Å². The lowest BCUT2D eigenvalue weighted by molar-refractivity contribution is -0.00475. The molecule has 0 spiro atoms. The normalized spacial score (nSPS) is 22.8. The van der Waals surface area contributed by atoms with Crippen molar-refractivity contribution in [2.45, 2.75) is 50.3 Å². The van der Waals surface area contributed by atoms with E-state index in [0.717, 1.165) is 23.3 Å². The van der Waals surface area contributed by atoms with Gasteiger partial charge in [-0.1, -0.05) is 0 Å². The van der Waals surface area contributed by atoms with Gasteiger partial charge in [-0.25, -0.2) is 13.1 Å². The van der Waals surface area contributed by atoms with Crippen molar-refractivity contribution in [3.05, 3.63) is 15.8 Å². The largest absolute Gasteiger partial charge is 0.378 e. The highest BCUT2D eigenvalue weighted by Gasteiger charge is 2.34. The number of hydrogen-bond acceptors (Lipinski definition) is 5. The molecule has 1 aliphatic carbocycles. The van der Waals surface area contributed by atoms with Gasteiger partial charge in [0, 0.05) is 24.1 Å². The first-order chi connectivity index (χ1) is 9.47. The van der Waals surface area contributed by atoms with E-state index in [1.165, 1.54) is 11.3 Å². The molecule has 20 heavy (non-hydrogen) atoms. The standard InChI is InChI=1S/C13H22N2O3S2/c1-4-18-11-5-10(6-11)15-20(16,17)13-9(2)8-19-12(13)7-14-3/h8,10-11,14-15H,4-7H2,1-3H3. The lowest BCUT2D eigenvalue weighted by atomic mass is 9.90. The maximum absolute atomic E-state index is 12.5. The van der Waals surface area contributed by atoms with Gasteiger partial charge < -0.3 is 10.1 Å². The molecule has 1 heterocycles. The fourth-order valence-electron chi connectivity index (χ4n) is 2.44. The summed E-state index contributed by atoms with van der Waals surface area (Å²) in [4.78, 5) is 1.30. The zero-order valence-corrected chi connectivity index (χ0v) is 13.7. The average Bonchev–Trinajstić information content (AvgIpc) is 2.69. The Bertz CT molecular complexity index is 548. The Kier molecular flexibility index (Phi) is 5.19. The molecule has 1 aromatic rings. The molecule has 0 saturated heterocycles. The van der Waals surface area contributed by atoms with Crippen molar-refractivity contribution in [2.75, 3.05) is 13.7 Å². The molecule has 0 atom stereocenters. The van der Waals surface area contributed by atoms with E-state index in [9.17, 15) is 8.42 Å². The van der Waals surface area contributed by atoms with Crippen LogP contribution in [-0.2, 0) is 21.3 Å². The molecule has 2 N–H and O–H groups in total. The number of aryl methyl sites for hydroxylation is 1. The maximum atomic E-state index is 12.5. The van der Waals surface area contributed by atoms with E-state index in [0.29, 0.717) is 18.0 Å². The van der Waals surface area contributed by atoms with Crippen molar-refractivity contribution in [1.82, 2.24) is 10.0 Å². The molecule has 0 radical (unpaired) electrons. The van der Waals surface area contributed by atoms with E-state index in [4.69, 9.17) is 4.74 Å². The Labute approximate surface area is 124 Å². The van der Waals surface area contributed by atoms with Crippen molar-refractivity contribution in [2.24, 2.45) is 0 Å². The highest BCUT2D eigenvalue weighted by molar-refractivity contribution is 7.89. The van der Waals surface area contributed by atoms with E-state index in [2.05, 4.69) is 10.0 Å². The number of sulfonamides is 1. The van der Waals surface area contributed by atoms with Crippen molar-refractivity contribution in [3.63, 3.8) is 0 Å². The van der Waals surface area contributed by atoms with Crippen molar-refractivity contribution < 1.29 is 13.2 Å². The fraction of sp³-hybridized carbons (Fsp3) is 0.692. The quantitative estimate of drug-likeness (QED) is 0.802. The second-order valence-electron chi connectivity index (χ2n) is 5.07. The number of rotatable bonds is 7. The Hall–Kier alpha value is -0.470. The van der Waals surface area contributed by atoms with Crippen molar-refractivity contribution in [3.8, 4) is 0 Å². The van der Waals surface area contributed by atoms with Crippen LogP contribution in [0, 0.1) is 6.92 Å². The molecular weight excluding hydrogens is 296 g/mol. The molecule has 0 aliphatic heterocycles. The minimum atomic E-state index is -3.43. The lowest BCUT2D eigenvalue weighted by Gasteiger charge is -2.35. The Balaban J connectivity index is 2.06. The number of hydrogen-bond donors (Lipinski definition) is 2. The summed E-state index contributed by atoms with van der Waals surface area (Å²) in [5, 5.41) is 4.91. The van der Waals surface area contributed by atoms with Crippen LogP contribution < -0.4 is 10.0 Å². The fourth-order valence-corrected chi connectivity index (χ4v) is 5.53. The Morgan fingerprint density at radius 3 is 2.75 bits per heavy atom. The maximum Gasteiger partial charge on any atom is 0.242 e. The minimum absolute atomic E-state index is 0.00159. The van der Waals surface area contributed by atoms with Crippen LogP contribution in [0.4, 0.5) is 0 Å². The van der Waals surface area contributed by atoms with Crippen molar-refractivity contribution >= 4 is 21.4 Å². The van der Waals surface area contributed by atoms with Gasteiger partial charge in [0.2, 0.25) is 10.0 Å². The van der Waals surface area contributed by atoms with Crippen LogP contribution in [0.15, 0.2) is 10.3 Å². The topological polar surface area (TPSA) is 67.4 Å². The zero-order valence-electron chi connectivity index (χ0n) is 12.1. The van der Waals surface area contributed by atoms with Gasteiger partial charge >= 0.3 is 0 Å². The van der Waals surface area contributed by atoms with Crippen LogP contribution in [0.1, 0.15) is 30.2 Å². The van der Waals surface area contributed by atoms with Crippen LogP contribution in [0.25, 0.3) is 0 Å². The monoisotopic (exact) mass is 318 g/mol. The first-order valence-electron chi connectivity index (χ1n) is 6.83. The third kappa shape index (κ3) is 3.40. The molecule has 0 unspecified atom stereocenters. The van der Waals surface area contributed by atoms with Crippen LogP contribution in [0.5, 0.6) is 0 Å². The summed E-state index contributed by atoms with van der Waals surface area (Å²) < 4.78 is 33.3. The highest BCUT2D eigenvalue weighted by Crippen LogP contribution is 2.30. The molecule has 114 valence electrons. The van der Waals surface area contributed by atoms with Gasteiger partial charge in [0.1, 0.15) is 4.90 Å². The first kappa shape index (κ1) is 15.9. The molecule has 0 amide bonds. The first-order valence-corrected chi connectivity index (χ1v) is 9.19. The molecule has 0 bridgehead atoms. The molecule has 1 aromatic heterocycles. The molecule has 1 aliphatic rings. The lowest BCUT2D eigenvalue weighted by Crippen LogP contribution is -2.47. The van der Waals surface area contributed by atoms with Gasteiger partial charge in [0.25, 0.3) is 0 Å². The van der Waals surface area contributed by atoms with Gasteiger partial charge in [-0.15, -0.1) is 11.3 Å². The van der Waals surface area contributed by atoms with Crippen LogP contribution in [-0.4, -0.2) is 34.2 Å². The second-order valence-corrected chi connectivity index (χ2v) is 7.68. The van der Waals surface area contributed by atoms with E-state index in [1.54, 1.807) is 0 Å². The SMILES string of the molecule is CCOC1CC(NS(=O)(=O)c2c(C)csc2CNC)C1. The van der Waals surface area contributed by atoms with E-state index >= 15 is 0 Å². The molecule has 2 rings (SSSR count). The van der Waals surface area contributed by atoms with E-state index in [-0.39, 0.29) is 12.1 Å².